The number of ether oxygens (including phenoxy) is 1. The number of aryl methyl sites for hydroxylation is 1. The number of carbonyl (C=O) groups is 1. The van der Waals surface area contributed by atoms with Crippen LogP contribution in [0.1, 0.15) is 15.4 Å². The minimum atomic E-state index is -0.363. The average molecular weight is 272 g/mol. The van der Waals surface area contributed by atoms with Crippen molar-refractivity contribution < 1.29 is 9.53 Å². The molecule has 0 atom stereocenters. The Kier molecular flexibility index (Phi) is 2.83. The Morgan fingerprint density at radius 2 is 2.16 bits per heavy atom. The largest absolute Gasteiger partial charge is 0.464 e. The number of hydrogen-bond donors (Lipinski definition) is 0. The van der Waals surface area contributed by atoms with Gasteiger partial charge in [-0.05, 0) is 31.2 Å². The lowest BCUT2D eigenvalue weighted by molar-refractivity contribution is 0.0592. The van der Waals surface area contributed by atoms with E-state index in [4.69, 9.17) is 4.74 Å². The highest BCUT2D eigenvalue weighted by Gasteiger charge is 2.15. The second kappa shape index (κ2) is 4.51. The number of fused-ring (bicyclic) bond motifs is 1. The van der Waals surface area contributed by atoms with Crippen LogP contribution in [-0.2, 0) is 4.74 Å². The third-order valence-corrected chi connectivity index (χ3v) is 3.90. The number of rotatable bonds is 2. The van der Waals surface area contributed by atoms with Crippen LogP contribution in [0, 0.1) is 6.92 Å². The van der Waals surface area contributed by atoms with Crippen LogP contribution in [0.15, 0.2) is 36.5 Å². The lowest BCUT2D eigenvalue weighted by atomic mass is 10.3. The predicted octanol–water partition coefficient (Wildman–Crippen LogP) is 3.16. The van der Waals surface area contributed by atoms with Crippen LogP contribution in [0.25, 0.3) is 16.2 Å². The van der Waals surface area contributed by atoms with Crippen LogP contribution < -0.4 is 0 Å². The zero-order valence-corrected chi connectivity index (χ0v) is 11.4. The molecule has 3 heterocycles. The first-order valence-corrected chi connectivity index (χ1v) is 6.64. The Hall–Kier alpha value is -2.14. The molecule has 0 saturated carbocycles. The summed E-state index contributed by atoms with van der Waals surface area (Å²) in [6.07, 6.45) is 1.76. The number of methoxy groups -OCH3 is 1. The third-order valence-electron chi connectivity index (χ3n) is 2.91. The van der Waals surface area contributed by atoms with Gasteiger partial charge in [0.1, 0.15) is 5.69 Å². The van der Waals surface area contributed by atoms with Crippen molar-refractivity contribution >= 4 is 22.8 Å². The predicted molar refractivity (Wildman–Crippen MR) is 74.6 cm³/mol. The van der Waals surface area contributed by atoms with Crippen LogP contribution in [-0.4, -0.2) is 22.5 Å². The van der Waals surface area contributed by atoms with E-state index in [-0.39, 0.29) is 5.97 Å². The summed E-state index contributed by atoms with van der Waals surface area (Å²) in [7, 11) is 1.38. The minimum absolute atomic E-state index is 0.363. The van der Waals surface area contributed by atoms with Crippen molar-refractivity contribution in [3.63, 3.8) is 0 Å². The van der Waals surface area contributed by atoms with Crippen molar-refractivity contribution in [2.45, 2.75) is 6.92 Å². The topological polar surface area (TPSA) is 43.6 Å². The number of hydrogen-bond acceptors (Lipinski definition) is 4. The van der Waals surface area contributed by atoms with Gasteiger partial charge in [0.25, 0.3) is 0 Å². The molecule has 19 heavy (non-hydrogen) atoms. The Balaban J connectivity index is 2.29. The van der Waals surface area contributed by atoms with Crippen molar-refractivity contribution in [1.29, 1.82) is 0 Å². The van der Waals surface area contributed by atoms with Gasteiger partial charge in [0.05, 0.1) is 23.7 Å². The van der Waals surface area contributed by atoms with E-state index < -0.39 is 0 Å². The average Bonchev–Trinajstić information content (AvgIpc) is 3.03. The summed E-state index contributed by atoms with van der Waals surface area (Å²) in [5.74, 6) is 0.409. The molecule has 5 heteroatoms. The molecule has 0 amide bonds. The molecule has 0 N–H and O–H groups in total. The van der Waals surface area contributed by atoms with Crippen LogP contribution >= 0.6 is 11.3 Å². The van der Waals surface area contributed by atoms with E-state index in [9.17, 15) is 4.79 Å². The van der Waals surface area contributed by atoms with E-state index in [0.29, 0.717) is 5.69 Å². The van der Waals surface area contributed by atoms with E-state index in [1.165, 1.54) is 12.0 Å². The molecule has 0 aliphatic heterocycles. The van der Waals surface area contributed by atoms with Gasteiger partial charge in [-0.2, -0.15) is 0 Å². The summed E-state index contributed by atoms with van der Waals surface area (Å²) in [5.41, 5.74) is 1.36. The van der Waals surface area contributed by atoms with Gasteiger partial charge in [-0.1, -0.05) is 6.07 Å². The summed E-state index contributed by atoms with van der Waals surface area (Å²) >= 11 is 1.65. The van der Waals surface area contributed by atoms with Gasteiger partial charge >= 0.3 is 5.97 Å². The number of imidazole rings is 1. The molecule has 3 aromatic rings. The molecule has 4 nitrogen and oxygen atoms in total. The Morgan fingerprint density at radius 1 is 1.32 bits per heavy atom. The first-order chi connectivity index (χ1) is 9.20. The first kappa shape index (κ1) is 11.9. The first-order valence-electron chi connectivity index (χ1n) is 5.82. The lowest BCUT2D eigenvalue weighted by Crippen LogP contribution is -2.08. The molecule has 0 aliphatic carbocycles. The fourth-order valence-corrected chi connectivity index (χ4v) is 2.89. The fourth-order valence-electron chi connectivity index (χ4n) is 2.04. The Bertz CT molecular complexity index is 758. The van der Waals surface area contributed by atoms with Gasteiger partial charge < -0.3 is 4.74 Å². The highest BCUT2D eigenvalue weighted by molar-refractivity contribution is 7.15. The highest BCUT2D eigenvalue weighted by Crippen LogP contribution is 2.28. The molecule has 0 unspecified atom stereocenters. The summed E-state index contributed by atoms with van der Waals surface area (Å²) in [5, 5.41) is 0. The molecule has 0 saturated heterocycles. The monoisotopic (exact) mass is 272 g/mol. The van der Waals surface area contributed by atoms with Crippen LogP contribution in [0.3, 0.4) is 0 Å². The van der Waals surface area contributed by atoms with Crippen molar-refractivity contribution in [2.24, 2.45) is 0 Å². The quantitative estimate of drug-likeness (QED) is 0.673. The fraction of sp³-hybridized carbons (Fsp3) is 0.143. The molecule has 3 rings (SSSR count). The third kappa shape index (κ3) is 1.92. The standard InChI is InChI=1S/C14H12N2O2S/c1-9-6-7-12(19-9)13-15-8-10-4-3-5-11(16(10)13)14(17)18-2/h3-8H,1-2H3. The summed E-state index contributed by atoms with van der Waals surface area (Å²) in [6, 6.07) is 9.55. The van der Waals surface area contributed by atoms with Gasteiger partial charge in [-0.15, -0.1) is 11.3 Å². The van der Waals surface area contributed by atoms with Crippen LogP contribution in [0.5, 0.6) is 0 Å². The summed E-state index contributed by atoms with van der Waals surface area (Å²) < 4.78 is 6.66. The number of aromatic nitrogens is 2. The van der Waals surface area contributed by atoms with Crippen LogP contribution in [0.4, 0.5) is 0 Å². The van der Waals surface area contributed by atoms with Crippen molar-refractivity contribution in [3.8, 4) is 10.7 Å². The molecule has 0 aliphatic rings. The van der Waals surface area contributed by atoms with Gasteiger partial charge in [0.2, 0.25) is 0 Å². The van der Waals surface area contributed by atoms with E-state index in [2.05, 4.69) is 4.98 Å². The van der Waals surface area contributed by atoms with Crippen molar-refractivity contribution in [3.05, 3.63) is 47.1 Å². The van der Waals surface area contributed by atoms with Gasteiger partial charge in [0.15, 0.2) is 5.82 Å². The number of carbonyl (C=O) groups excluding carboxylic acids is 1. The normalized spacial score (nSPS) is 10.8. The molecular formula is C14H12N2O2S. The summed E-state index contributed by atoms with van der Waals surface area (Å²) in [4.78, 5) is 18.5. The second-order valence-corrected chi connectivity index (χ2v) is 5.44. The van der Waals surface area contributed by atoms with Crippen molar-refractivity contribution in [2.75, 3.05) is 7.11 Å². The maximum atomic E-state index is 11.8. The van der Waals surface area contributed by atoms with E-state index in [1.54, 1.807) is 23.6 Å². The Labute approximate surface area is 114 Å². The number of esters is 1. The van der Waals surface area contributed by atoms with Gasteiger partial charge in [-0.3, -0.25) is 4.40 Å². The summed E-state index contributed by atoms with van der Waals surface area (Å²) in [6.45, 7) is 2.05. The molecule has 96 valence electrons. The molecular weight excluding hydrogens is 260 g/mol. The van der Waals surface area contributed by atoms with E-state index in [0.717, 1.165) is 16.2 Å². The van der Waals surface area contributed by atoms with Gasteiger partial charge in [-0.25, -0.2) is 9.78 Å². The molecule has 0 spiro atoms. The second-order valence-electron chi connectivity index (χ2n) is 4.15. The van der Waals surface area contributed by atoms with Gasteiger partial charge in [0, 0.05) is 4.88 Å². The van der Waals surface area contributed by atoms with Crippen molar-refractivity contribution in [1.82, 2.24) is 9.38 Å². The molecule has 0 aromatic carbocycles. The molecule has 0 bridgehead atoms. The number of pyridine rings is 1. The van der Waals surface area contributed by atoms with E-state index >= 15 is 0 Å². The lowest BCUT2D eigenvalue weighted by Gasteiger charge is -2.05. The Morgan fingerprint density at radius 3 is 2.84 bits per heavy atom. The number of thiophene rings is 1. The smallest absolute Gasteiger partial charge is 0.355 e. The molecule has 0 fully saturated rings. The van der Waals surface area contributed by atoms with Crippen LogP contribution in [0.2, 0.25) is 0 Å². The zero-order chi connectivity index (χ0) is 13.4. The highest BCUT2D eigenvalue weighted by atomic mass is 32.1. The minimum Gasteiger partial charge on any atom is -0.464 e. The van der Waals surface area contributed by atoms with E-state index in [1.807, 2.05) is 35.6 Å². The maximum Gasteiger partial charge on any atom is 0.355 e. The molecule has 3 aromatic heterocycles. The molecule has 0 radical (unpaired) electrons. The zero-order valence-electron chi connectivity index (χ0n) is 10.6. The number of nitrogens with zero attached hydrogens (tertiary/aromatic N) is 2. The SMILES string of the molecule is COC(=O)c1cccc2cnc(-c3ccc(C)s3)n12. The maximum absolute atomic E-state index is 11.8.